The molecule has 0 spiro atoms. The summed E-state index contributed by atoms with van der Waals surface area (Å²) in [6.07, 6.45) is 12.0. The van der Waals surface area contributed by atoms with Crippen molar-refractivity contribution in [3.63, 3.8) is 0 Å². The summed E-state index contributed by atoms with van der Waals surface area (Å²) in [5.74, 6) is 0. The maximum atomic E-state index is 2.56. The number of halogens is 2. The average Bonchev–Trinajstić information content (AvgIpc) is 3.27. The van der Waals surface area contributed by atoms with E-state index in [1.165, 1.54) is 5.56 Å². The molecule has 4 rings (SSSR count). The zero-order valence-electron chi connectivity index (χ0n) is 16.1. The molecule has 0 saturated carbocycles. The van der Waals surface area contributed by atoms with Gasteiger partial charge in [-0.15, -0.1) is 0 Å². The molecule has 1 heterocycles. The van der Waals surface area contributed by atoms with Gasteiger partial charge in [-0.3, -0.25) is 0 Å². The van der Waals surface area contributed by atoms with Crippen LogP contribution in [0.1, 0.15) is 19.4 Å². The molecule has 1 unspecified atom stereocenters. The van der Waals surface area contributed by atoms with E-state index in [4.69, 9.17) is 0 Å². The van der Waals surface area contributed by atoms with Gasteiger partial charge >= 0.3 is 165 Å². The van der Waals surface area contributed by atoms with Crippen molar-refractivity contribution in [3.8, 4) is 0 Å². The average molecular weight is 511 g/mol. The number of thioether (sulfide) groups is 1. The van der Waals surface area contributed by atoms with Crippen molar-refractivity contribution in [2.45, 2.75) is 35.8 Å². The van der Waals surface area contributed by atoms with E-state index in [2.05, 4.69) is 99.4 Å². The predicted molar refractivity (Wildman–Crippen MR) is 111 cm³/mol. The normalized spacial score (nSPS) is 20.1. The summed E-state index contributed by atoms with van der Waals surface area (Å²) in [5.41, 5.74) is 5.83. The SMILES string of the molecule is CC1=CC2=C(c3ccccc3)C(C)SC2=[C]1[Zr+2]([CH]1C=CC=C1)=[Si](C)C.[Cl-].[Cl-]. The van der Waals surface area contributed by atoms with Gasteiger partial charge in [-0.25, -0.2) is 0 Å². The van der Waals surface area contributed by atoms with Crippen LogP contribution in [0.2, 0.25) is 16.7 Å². The molecule has 0 radical (unpaired) electrons. The van der Waals surface area contributed by atoms with Gasteiger partial charge in [-0.05, 0) is 0 Å². The first-order valence-electron chi connectivity index (χ1n) is 9.00. The third kappa shape index (κ3) is 4.28. The van der Waals surface area contributed by atoms with E-state index in [9.17, 15) is 0 Å². The number of benzene rings is 1. The topological polar surface area (TPSA) is 0 Å². The Bertz CT molecular complexity index is 907. The molecule has 2 aliphatic carbocycles. The van der Waals surface area contributed by atoms with Crippen LogP contribution in [0.15, 0.2) is 80.0 Å². The van der Waals surface area contributed by atoms with E-state index in [1.807, 2.05) is 3.28 Å². The third-order valence-corrected chi connectivity index (χ3v) is 24.9. The van der Waals surface area contributed by atoms with E-state index in [0.29, 0.717) is 5.25 Å². The van der Waals surface area contributed by atoms with Crippen LogP contribution < -0.4 is 24.8 Å². The first-order valence-corrected chi connectivity index (χ1v) is 18.7. The summed E-state index contributed by atoms with van der Waals surface area (Å²) in [5, 5.41) is 0.565. The van der Waals surface area contributed by atoms with Gasteiger partial charge in [0.2, 0.25) is 0 Å². The second-order valence-corrected chi connectivity index (χ2v) is 26.0. The van der Waals surface area contributed by atoms with Crippen LogP contribution in [0.3, 0.4) is 0 Å². The zero-order chi connectivity index (χ0) is 17.6. The first-order chi connectivity index (χ1) is 12.1. The van der Waals surface area contributed by atoms with Gasteiger partial charge in [0.25, 0.3) is 0 Å². The molecule has 0 aromatic heterocycles. The van der Waals surface area contributed by atoms with Gasteiger partial charge in [-0.2, -0.15) is 0 Å². The van der Waals surface area contributed by atoms with Crippen LogP contribution in [0.25, 0.3) is 5.57 Å². The van der Waals surface area contributed by atoms with Crippen molar-refractivity contribution in [2.75, 3.05) is 0 Å². The number of hydrogen-bond donors (Lipinski definition) is 0. The van der Waals surface area contributed by atoms with Crippen molar-refractivity contribution in [1.29, 1.82) is 0 Å². The van der Waals surface area contributed by atoms with Gasteiger partial charge in [-0.1, -0.05) is 0 Å². The molecule has 1 atom stereocenters. The van der Waals surface area contributed by atoms with E-state index >= 15 is 0 Å². The summed E-state index contributed by atoms with van der Waals surface area (Å²) in [7, 11) is 0. The summed E-state index contributed by atoms with van der Waals surface area (Å²) in [6.45, 7) is 9.87. The summed E-state index contributed by atoms with van der Waals surface area (Å²) in [4.78, 5) is 1.65. The standard InChI is InChI=1S/C15H13S.C5H5.C2H6Si.2ClH.Zr/c1-10-8-13-14(9-10)16-11(2)15(13)12-6-4-3-5-7-12;1-2-4-5-3-1;1-3-2;;;/h3-8,11H,1-2H3;1-5H;1-2H3;2*1H;/q;;;;;+2/p-2. The minimum Gasteiger partial charge on any atom is -1.00 e. The molecular formula is C22H24Cl2SSiZr. The fourth-order valence-electron chi connectivity index (χ4n) is 4.16. The second-order valence-electron chi connectivity index (χ2n) is 7.19. The molecule has 1 aliphatic heterocycles. The molecule has 0 fully saturated rings. The Balaban J connectivity index is 0.00000131. The molecule has 140 valence electrons. The summed E-state index contributed by atoms with van der Waals surface area (Å²) < 4.78 is 2.61. The summed E-state index contributed by atoms with van der Waals surface area (Å²) >= 11 is 0.422. The van der Waals surface area contributed by atoms with Gasteiger partial charge < -0.3 is 24.8 Å². The molecule has 0 bridgehead atoms. The predicted octanol–water partition coefficient (Wildman–Crippen LogP) is 0.539. The summed E-state index contributed by atoms with van der Waals surface area (Å²) in [6, 6.07) is 11.0. The van der Waals surface area contributed by atoms with Crippen molar-refractivity contribution in [1.82, 2.24) is 0 Å². The van der Waals surface area contributed by atoms with Gasteiger partial charge in [0.15, 0.2) is 0 Å². The van der Waals surface area contributed by atoms with Crippen LogP contribution >= 0.6 is 11.8 Å². The van der Waals surface area contributed by atoms with Gasteiger partial charge in [0, 0.05) is 0 Å². The van der Waals surface area contributed by atoms with E-state index < -0.39 is 20.4 Å². The zero-order valence-corrected chi connectivity index (χ0v) is 21.9. The van der Waals surface area contributed by atoms with Crippen molar-refractivity contribution >= 4 is 22.8 Å². The quantitative estimate of drug-likeness (QED) is 0.535. The molecule has 0 N–H and O–H groups in total. The minimum atomic E-state index is -1.70. The molecule has 0 saturated heterocycles. The smallest absolute Gasteiger partial charge is 1.00 e. The molecule has 1 aromatic rings. The minimum absolute atomic E-state index is 0. The number of allylic oxidation sites excluding steroid dienone is 8. The Morgan fingerprint density at radius 1 is 1.00 bits per heavy atom. The third-order valence-electron chi connectivity index (χ3n) is 5.19. The maximum absolute atomic E-state index is 2.56. The van der Waals surface area contributed by atoms with E-state index in [0.717, 1.165) is 3.63 Å². The van der Waals surface area contributed by atoms with Crippen LogP contribution in [0, 0.1) is 0 Å². The second kappa shape index (κ2) is 9.63. The van der Waals surface area contributed by atoms with Gasteiger partial charge in [0.1, 0.15) is 0 Å². The Labute approximate surface area is 188 Å². The molecule has 3 aliphatic rings. The first kappa shape index (κ1) is 23.2. The molecule has 0 nitrogen and oxygen atoms in total. The van der Waals surface area contributed by atoms with Crippen molar-refractivity contribution in [3.05, 3.63) is 85.6 Å². The van der Waals surface area contributed by atoms with Crippen LogP contribution in [-0.4, -0.2) is 10.7 Å². The fraction of sp³-hybridized carbons (Fsp3) is 0.273. The maximum Gasteiger partial charge on any atom is -1.00 e. The Morgan fingerprint density at radius 2 is 1.63 bits per heavy atom. The van der Waals surface area contributed by atoms with E-state index in [-0.39, 0.29) is 30.2 Å². The monoisotopic (exact) mass is 508 g/mol. The molecular weight excluding hydrogens is 487 g/mol. The number of rotatable bonds is 3. The molecule has 0 amide bonds. The van der Waals surface area contributed by atoms with Crippen LogP contribution in [0.4, 0.5) is 0 Å². The molecule has 1 aromatic carbocycles. The number of fused-ring (bicyclic) bond motifs is 1. The van der Waals surface area contributed by atoms with Crippen LogP contribution in [0.5, 0.6) is 0 Å². The Kier molecular flexibility index (Phi) is 8.29. The number of hydrogen-bond acceptors (Lipinski definition) is 1. The van der Waals surface area contributed by atoms with Gasteiger partial charge in [0.05, 0.1) is 0 Å². The molecule has 5 heteroatoms. The largest absolute Gasteiger partial charge is 1.00 e. The van der Waals surface area contributed by atoms with Crippen LogP contribution in [-0.2, 0) is 20.4 Å². The van der Waals surface area contributed by atoms with E-state index in [1.54, 1.807) is 21.6 Å². The Hall–Kier alpha value is -0.0500. The fourth-order valence-corrected chi connectivity index (χ4v) is 24.4. The Morgan fingerprint density at radius 3 is 2.22 bits per heavy atom. The van der Waals surface area contributed by atoms with Crippen molar-refractivity contribution in [2.24, 2.45) is 0 Å². The molecule has 27 heavy (non-hydrogen) atoms. The van der Waals surface area contributed by atoms with Crippen molar-refractivity contribution < 1.29 is 45.2 Å².